The van der Waals surface area contributed by atoms with E-state index in [1.807, 2.05) is 19.1 Å². The second-order valence-corrected chi connectivity index (χ2v) is 5.38. The van der Waals surface area contributed by atoms with Gasteiger partial charge < -0.3 is 5.32 Å². The van der Waals surface area contributed by atoms with E-state index in [2.05, 4.69) is 42.3 Å². The van der Waals surface area contributed by atoms with Crippen LogP contribution in [0.4, 0.5) is 0 Å². The van der Waals surface area contributed by atoms with Crippen molar-refractivity contribution in [2.45, 2.75) is 46.1 Å². The molecule has 0 radical (unpaired) electrons. The van der Waals surface area contributed by atoms with Gasteiger partial charge in [-0.25, -0.2) is 0 Å². The Balaban J connectivity index is 2.00. The van der Waals surface area contributed by atoms with Crippen LogP contribution in [0.3, 0.4) is 0 Å². The van der Waals surface area contributed by atoms with Gasteiger partial charge in [-0.1, -0.05) is 24.6 Å². The first-order valence-corrected chi connectivity index (χ1v) is 7.24. The molecule has 1 N–H and O–H groups in total. The number of hydrogen-bond donors (Lipinski definition) is 1. The normalized spacial score (nSPS) is 12.3. The zero-order chi connectivity index (χ0) is 14.5. The van der Waals surface area contributed by atoms with E-state index in [4.69, 9.17) is 0 Å². The van der Waals surface area contributed by atoms with Crippen molar-refractivity contribution in [3.63, 3.8) is 0 Å². The van der Waals surface area contributed by atoms with E-state index in [-0.39, 0.29) is 11.9 Å². The molecule has 1 atom stereocenters. The van der Waals surface area contributed by atoms with Crippen LogP contribution in [0.1, 0.15) is 37.9 Å². The fraction of sp³-hybridized carbons (Fsp3) is 0.412. The second kappa shape index (κ2) is 6.51. The fourth-order valence-electron chi connectivity index (χ4n) is 2.12. The Kier molecular flexibility index (Phi) is 4.72. The fourth-order valence-corrected chi connectivity index (χ4v) is 2.12. The van der Waals surface area contributed by atoms with Crippen LogP contribution in [0.15, 0.2) is 30.3 Å². The van der Waals surface area contributed by atoms with Gasteiger partial charge in [0.1, 0.15) is 0 Å². The number of hydrogen-bond acceptors (Lipinski definition) is 2. The highest BCUT2D eigenvalue weighted by Crippen LogP contribution is 2.15. The van der Waals surface area contributed by atoms with Crippen molar-refractivity contribution in [2.24, 2.45) is 0 Å². The maximum atomic E-state index is 11.8. The average molecular weight is 270 g/mol. The van der Waals surface area contributed by atoms with Crippen LogP contribution >= 0.6 is 0 Å². The summed E-state index contributed by atoms with van der Waals surface area (Å²) in [5, 5.41) is 4.13. The number of fused-ring (bicyclic) bond motifs is 1. The standard InChI is InChI=1S/C17H22N2O/c1-4-13(3)18-17(20)10-8-15-7-6-14-11-12(2)5-9-16(14)19-15/h5-7,9,11,13H,4,8,10H2,1-3H3,(H,18,20). The molecule has 0 spiro atoms. The van der Waals surface area contributed by atoms with Crippen LogP contribution in [0.25, 0.3) is 10.9 Å². The molecule has 2 rings (SSSR count). The molecule has 106 valence electrons. The zero-order valence-corrected chi connectivity index (χ0v) is 12.4. The Labute approximate surface area is 120 Å². The minimum atomic E-state index is 0.102. The average Bonchev–Trinajstić information content (AvgIpc) is 2.44. The summed E-state index contributed by atoms with van der Waals surface area (Å²) >= 11 is 0. The quantitative estimate of drug-likeness (QED) is 0.905. The minimum absolute atomic E-state index is 0.102. The Morgan fingerprint density at radius 3 is 2.85 bits per heavy atom. The number of carbonyl (C=O) groups excluding carboxylic acids is 1. The van der Waals surface area contributed by atoms with Crippen LogP contribution in [0.5, 0.6) is 0 Å². The van der Waals surface area contributed by atoms with Crippen molar-refractivity contribution in [1.82, 2.24) is 10.3 Å². The third kappa shape index (κ3) is 3.80. The van der Waals surface area contributed by atoms with Gasteiger partial charge in [-0.05, 0) is 44.9 Å². The van der Waals surface area contributed by atoms with E-state index in [0.29, 0.717) is 12.8 Å². The molecule has 1 amide bonds. The van der Waals surface area contributed by atoms with Gasteiger partial charge in [-0.15, -0.1) is 0 Å². The highest BCUT2D eigenvalue weighted by Gasteiger charge is 2.06. The second-order valence-electron chi connectivity index (χ2n) is 5.38. The first-order valence-electron chi connectivity index (χ1n) is 7.24. The first kappa shape index (κ1) is 14.5. The number of nitrogens with zero attached hydrogens (tertiary/aromatic N) is 1. The number of aromatic nitrogens is 1. The van der Waals surface area contributed by atoms with Crippen molar-refractivity contribution < 1.29 is 4.79 Å². The Hall–Kier alpha value is -1.90. The summed E-state index contributed by atoms with van der Waals surface area (Å²) in [4.78, 5) is 16.4. The summed E-state index contributed by atoms with van der Waals surface area (Å²) in [5.74, 6) is 0.102. The molecule has 0 saturated heterocycles. The van der Waals surface area contributed by atoms with Crippen molar-refractivity contribution >= 4 is 16.8 Å². The van der Waals surface area contributed by atoms with Crippen molar-refractivity contribution in [2.75, 3.05) is 0 Å². The van der Waals surface area contributed by atoms with Crippen LogP contribution in [0, 0.1) is 6.92 Å². The highest BCUT2D eigenvalue weighted by atomic mass is 16.1. The molecule has 1 aromatic carbocycles. The number of benzene rings is 1. The van der Waals surface area contributed by atoms with Gasteiger partial charge in [0.15, 0.2) is 0 Å². The van der Waals surface area contributed by atoms with Gasteiger partial charge in [0.25, 0.3) is 0 Å². The maximum absolute atomic E-state index is 11.8. The molecule has 0 bridgehead atoms. The van der Waals surface area contributed by atoms with Gasteiger partial charge in [-0.2, -0.15) is 0 Å². The van der Waals surface area contributed by atoms with Gasteiger partial charge in [0.05, 0.1) is 5.52 Å². The minimum Gasteiger partial charge on any atom is -0.354 e. The van der Waals surface area contributed by atoms with Crippen LogP contribution in [-0.4, -0.2) is 16.9 Å². The molecule has 0 saturated carbocycles. The molecule has 0 aliphatic rings. The lowest BCUT2D eigenvalue weighted by atomic mass is 10.1. The van der Waals surface area contributed by atoms with E-state index in [0.717, 1.165) is 23.0 Å². The third-order valence-electron chi connectivity index (χ3n) is 3.53. The molecule has 0 aliphatic carbocycles. The summed E-state index contributed by atoms with van der Waals surface area (Å²) in [5.41, 5.74) is 3.20. The molecule has 0 fully saturated rings. The smallest absolute Gasteiger partial charge is 0.220 e. The first-order chi connectivity index (χ1) is 9.58. The largest absolute Gasteiger partial charge is 0.354 e. The van der Waals surface area contributed by atoms with E-state index >= 15 is 0 Å². The lowest BCUT2D eigenvalue weighted by Gasteiger charge is -2.11. The van der Waals surface area contributed by atoms with E-state index < -0.39 is 0 Å². The molecule has 3 heteroatoms. The van der Waals surface area contributed by atoms with Crippen molar-refractivity contribution in [3.05, 3.63) is 41.6 Å². The van der Waals surface area contributed by atoms with Gasteiger partial charge in [0, 0.05) is 23.5 Å². The topological polar surface area (TPSA) is 42.0 Å². The summed E-state index contributed by atoms with van der Waals surface area (Å²) in [6, 6.07) is 10.6. The molecule has 1 unspecified atom stereocenters. The maximum Gasteiger partial charge on any atom is 0.220 e. The number of aryl methyl sites for hydroxylation is 2. The van der Waals surface area contributed by atoms with E-state index in [1.54, 1.807) is 0 Å². The molecular weight excluding hydrogens is 248 g/mol. The summed E-state index contributed by atoms with van der Waals surface area (Å²) in [6.45, 7) is 6.17. The van der Waals surface area contributed by atoms with Gasteiger partial charge in [-0.3, -0.25) is 9.78 Å². The molecule has 2 aromatic rings. The van der Waals surface area contributed by atoms with Gasteiger partial charge in [0.2, 0.25) is 5.91 Å². The number of nitrogens with one attached hydrogen (secondary N) is 1. The zero-order valence-electron chi connectivity index (χ0n) is 12.4. The molecule has 1 heterocycles. The number of carbonyl (C=O) groups is 1. The molecule has 20 heavy (non-hydrogen) atoms. The summed E-state index contributed by atoms with van der Waals surface area (Å²) in [7, 11) is 0. The number of pyridine rings is 1. The van der Waals surface area contributed by atoms with Gasteiger partial charge >= 0.3 is 0 Å². The Morgan fingerprint density at radius 1 is 1.30 bits per heavy atom. The Morgan fingerprint density at radius 2 is 2.10 bits per heavy atom. The molecule has 0 aliphatic heterocycles. The molecule has 1 aromatic heterocycles. The van der Waals surface area contributed by atoms with E-state index in [1.165, 1.54) is 5.56 Å². The van der Waals surface area contributed by atoms with Crippen LogP contribution in [-0.2, 0) is 11.2 Å². The van der Waals surface area contributed by atoms with Crippen molar-refractivity contribution in [3.8, 4) is 0 Å². The summed E-state index contributed by atoms with van der Waals surface area (Å²) in [6.07, 6.45) is 2.14. The van der Waals surface area contributed by atoms with Crippen LogP contribution < -0.4 is 5.32 Å². The SMILES string of the molecule is CCC(C)NC(=O)CCc1ccc2cc(C)ccc2n1. The number of rotatable bonds is 5. The predicted octanol–water partition coefficient (Wildman–Crippen LogP) is 3.39. The predicted molar refractivity (Wildman–Crippen MR) is 82.7 cm³/mol. The molecular formula is C17H22N2O. The summed E-state index contributed by atoms with van der Waals surface area (Å²) < 4.78 is 0. The van der Waals surface area contributed by atoms with Crippen LogP contribution in [0.2, 0.25) is 0 Å². The molecule has 3 nitrogen and oxygen atoms in total. The van der Waals surface area contributed by atoms with E-state index in [9.17, 15) is 4.79 Å². The van der Waals surface area contributed by atoms with Crippen molar-refractivity contribution in [1.29, 1.82) is 0 Å². The lowest BCUT2D eigenvalue weighted by Crippen LogP contribution is -2.32. The lowest BCUT2D eigenvalue weighted by molar-refractivity contribution is -0.121. The monoisotopic (exact) mass is 270 g/mol. The third-order valence-corrected chi connectivity index (χ3v) is 3.53. The number of amides is 1. The Bertz CT molecular complexity index is 607. The highest BCUT2D eigenvalue weighted by molar-refractivity contribution is 5.79.